The summed E-state index contributed by atoms with van der Waals surface area (Å²) in [7, 11) is -0.953. The minimum absolute atomic E-state index is 0.141. The molecule has 0 aromatic rings. The van der Waals surface area contributed by atoms with Crippen LogP contribution in [-0.2, 0) is 15.6 Å². The molecule has 0 amide bonds. The highest BCUT2D eigenvalue weighted by molar-refractivity contribution is 7.85. The number of hydrogen-bond donors (Lipinski definition) is 1. The van der Waals surface area contributed by atoms with Crippen LogP contribution in [0.5, 0.6) is 0 Å². The SMILES string of the molecule is CC(C)(C#N)CCCS(=O)CC1(CC(=O)O)CC1. The van der Waals surface area contributed by atoms with Crippen LogP contribution < -0.4 is 0 Å². The van der Waals surface area contributed by atoms with Crippen molar-refractivity contribution in [3.8, 4) is 6.07 Å². The summed E-state index contributed by atoms with van der Waals surface area (Å²) in [6.07, 6.45) is 3.41. The predicted molar refractivity (Wildman–Crippen MR) is 70.4 cm³/mol. The first-order valence-corrected chi connectivity index (χ1v) is 7.75. The summed E-state index contributed by atoms with van der Waals surface area (Å²) in [6.45, 7) is 3.76. The highest BCUT2D eigenvalue weighted by atomic mass is 32.2. The van der Waals surface area contributed by atoms with Crippen molar-refractivity contribution in [1.82, 2.24) is 0 Å². The Morgan fingerprint density at radius 2 is 2.11 bits per heavy atom. The lowest BCUT2D eigenvalue weighted by Crippen LogP contribution is -2.19. The van der Waals surface area contributed by atoms with Crippen LogP contribution in [0.2, 0.25) is 0 Å². The Labute approximate surface area is 111 Å². The van der Waals surface area contributed by atoms with Gasteiger partial charge in [0.25, 0.3) is 0 Å². The summed E-state index contributed by atoms with van der Waals surface area (Å²) in [6, 6.07) is 2.23. The van der Waals surface area contributed by atoms with Gasteiger partial charge in [-0.15, -0.1) is 0 Å². The van der Waals surface area contributed by atoms with E-state index < -0.39 is 16.8 Å². The summed E-state index contributed by atoms with van der Waals surface area (Å²) < 4.78 is 11.9. The molecule has 18 heavy (non-hydrogen) atoms. The van der Waals surface area contributed by atoms with Crippen LogP contribution in [-0.4, -0.2) is 26.8 Å². The second kappa shape index (κ2) is 5.83. The molecule has 0 bridgehead atoms. The van der Waals surface area contributed by atoms with Crippen molar-refractivity contribution in [3.05, 3.63) is 0 Å². The second-order valence-corrected chi connectivity index (χ2v) is 7.53. The van der Waals surface area contributed by atoms with E-state index in [-0.39, 0.29) is 17.3 Å². The van der Waals surface area contributed by atoms with E-state index in [0.717, 1.165) is 25.7 Å². The van der Waals surface area contributed by atoms with Crippen molar-refractivity contribution in [3.63, 3.8) is 0 Å². The molecule has 0 aromatic heterocycles. The van der Waals surface area contributed by atoms with Gasteiger partial charge < -0.3 is 5.11 Å². The minimum atomic E-state index is -0.953. The van der Waals surface area contributed by atoms with Crippen LogP contribution in [0.3, 0.4) is 0 Å². The normalized spacial score (nSPS) is 18.9. The zero-order valence-corrected chi connectivity index (χ0v) is 11.9. The molecule has 1 atom stereocenters. The molecule has 0 spiro atoms. The van der Waals surface area contributed by atoms with Gasteiger partial charge in [0.05, 0.1) is 17.9 Å². The van der Waals surface area contributed by atoms with E-state index in [9.17, 15) is 9.00 Å². The number of hydrogen-bond acceptors (Lipinski definition) is 3. The van der Waals surface area contributed by atoms with Gasteiger partial charge in [-0.1, -0.05) is 0 Å². The van der Waals surface area contributed by atoms with Crippen LogP contribution >= 0.6 is 0 Å². The molecule has 0 radical (unpaired) electrons. The molecule has 1 unspecified atom stereocenters. The largest absolute Gasteiger partial charge is 0.481 e. The number of aliphatic carboxylic acids is 1. The molecular weight excluding hydrogens is 250 g/mol. The van der Waals surface area contributed by atoms with Gasteiger partial charge in [-0.05, 0) is 44.9 Å². The lowest BCUT2D eigenvalue weighted by Gasteiger charge is -2.15. The van der Waals surface area contributed by atoms with Crippen LogP contribution in [0.25, 0.3) is 0 Å². The molecule has 0 heterocycles. The van der Waals surface area contributed by atoms with E-state index in [1.54, 1.807) is 0 Å². The van der Waals surface area contributed by atoms with E-state index >= 15 is 0 Å². The fourth-order valence-electron chi connectivity index (χ4n) is 2.01. The van der Waals surface area contributed by atoms with Gasteiger partial charge in [-0.2, -0.15) is 5.26 Å². The average Bonchev–Trinajstić information content (AvgIpc) is 2.96. The first-order chi connectivity index (χ1) is 8.29. The fourth-order valence-corrected chi connectivity index (χ4v) is 3.70. The van der Waals surface area contributed by atoms with Gasteiger partial charge >= 0.3 is 5.97 Å². The summed E-state index contributed by atoms with van der Waals surface area (Å²) in [5.41, 5.74) is -0.552. The summed E-state index contributed by atoms with van der Waals surface area (Å²) >= 11 is 0. The lowest BCUT2D eigenvalue weighted by molar-refractivity contribution is -0.138. The quantitative estimate of drug-likeness (QED) is 0.735. The highest BCUT2D eigenvalue weighted by Gasteiger charge is 2.45. The Kier molecular flexibility index (Phi) is 4.92. The molecule has 5 heteroatoms. The van der Waals surface area contributed by atoms with Crippen molar-refractivity contribution >= 4 is 16.8 Å². The number of nitrogens with zero attached hydrogens (tertiary/aromatic N) is 1. The highest BCUT2D eigenvalue weighted by Crippen LogP contribution is 2.49. The van der Waals surface area contributed by atoms with Crippen molar-refractivity contribution < 1.29 is 14.1 Å². The van der Waals surface area contributed by atoms with Gasteiger partial charge in [0, 0.05) is 22.3 Å². The molecule has 0 aromatic carbocycles. The minimum Gasteiger partial charge on any atom is -0.481 e. The molecule has 1 aliphatic carbocycles. The number of carbonyl (C=O) groups is 1. The van der Waals surface area contributed by atoms with Crippen molar-refractivity contribution in [1.29, 1.82) is 5.26 Å². The van der Waals surface area contributed by atoms with Gasteiger partial charge in [0.15, 0.2) is 0 Å². The molecule has 102 valence electrons. The smallest absolute Gasteiger partial charge is 0.303 e. The zero-order valence-electron chi connectivity index (χ0n) is 11.1. The first kappa shape index (κ1) is 15.2. The van der Waals surface area contributed by atoms with Crippen LogP contribution in [0.15, 0.2) is 0 Å². The first-order valence-electron chi connectivity index (χ1n) is 6.27. The Hall–Kier alpha value is -0.890. The third-order valence-electron chi connectivity index (χ3n) is 3.43. The molecular formula is C13H21NO3S. The molecule has 1 rings (SSSR count). The third kappa shape index (κ3) is 5.18. The summed E-state index contributed by atoms with van der Waals surface area (Å²) in [4.78, 5) is 10.7. The third-order valence-corrected chi connectivity index (χ3v) is 5.11. The van der Waals surface area contributed by atoms with Crippen LogP contribution in [0.1, 0.15) is 46.0 Å². The van der Waals surface area contributed by atoms with Crippen molar-refractivity contribution in [2.24, 2.45) is 10.8 Å². The standard InChI is InChI=1S/C13H21NO3S/c1-12(2,9-14)4-3-7-18(17)10-13(5-6-13)8-11(15)16/h3-8,10H2,1-2H3,(H,15,16). The maximum absolute atomic E-state index is 11.9. The molecule has 4 nitrogen and oxygen atoms in total. The van der Waals surface area contributed by atoms with Gasteiger partial charge in [-0.25, -0.2) is 0 Å². The van der Waals surface area contributed by atoms with Crippen molar-refractivity contribution in [2.75, 3.05) is 11.5 Å². The van der Waals surface area contributed by atoms with E-state index in [0.29, 0.717) is 11.5 Å². The van der Waals surface area contributed by atoms with Crippen molar-refractivity contribution in [2.45, 2.75) is 46.0 Å². The molecule has 1 saturated carbocycles. The monoisotopic (exact) mass is 271 g/mol. The van der Waals surface area contributed by atoms with E-state index in [1.807, 2.05) is 13.8 Å². The van der Waals surface area contributed by atoms with E-state index in [2.05, 4.69) is 6.07 Å². The fraction of sp³-hybridized carbons (Fsp3) is 0.846. The molecule has 1 fully saturated rings. The Bertz CT molecular complexity index is 380. The molecule has 1 N–H and O–H groups in total. The maximum atomic E-state index is 11.9. The number of rotatable bonds is 8. The summed E-state index contributed by atoms with van der Waals surface area (Å²) in [5, 5.41) is 17.6. The predicted octanol–water partition coefficient (Wildman–Crippen LogP) is 2.32. The zero-order chi connectivity index (χ0) is 13.8. The average molecular weight is 271 g/mol. The number of carboxylic acids is 1. The van der Waals surface area contributed by atoms with Crippen LogP contribution in [0, 0.1) is 22.2 Å². The van der Waals surface area contributed by atoms with E-state index in [1.165, 1.54) is 0 Å². The number of nitriles is 1. The molecule has 0 aliphatic heterocycles. The Balaban J connectivity index is 2.27. The number of carboxylic acid groups (broad SMARTS) is 1. The van der Waals surface area contributed by atoms with Gasteiger partial charge in [-0.3, -0.25) is 9.00 Å². The lowest BCUT2D eigenvalue weighted by atomic mass is 9.90. The van der Waals surface area contributed by atoms with Gasteiger partial charge in [0.2, 0.25) is 0 Å². The van der Waals surface area contributed by atoms with Crippen LogP contribution in [0.4, 0.5) is 0 Å². The molecule has 0 saturated heterocycles. The maximum Gasteiger partial charge on any atom is 0.303 e. The van der Waals surface area contributed by atoms with E-state index in [4.69, 9.17) is 10.4 Å². The second-order valence-electron chi connectivity index (χ2n) is 5.96. The molecule has 1 aliphatic rings. The topological polar surface area (TPSA) is 78.2 Å². The summed E-state index contributed by atoms with van der Waals surface area (Å²) in [5.74, 6) is 0.286. The Morgan fingerprint density at radius 3 is 2.56 bits per heavy atom. The Morgan fingerprint density at radius 1 is 1.50 bits per heavy atom. The van der Waals surface area contributed by atoms with Gasteiger partial charge in [0.1, 0.15) is 0 Å².